The van der Waals surface area contributed by atoms with Crippen LogP contribution in [0.2, 0.25) is 0 Å². The maximum atomic E-state index is 12.8. The molecule has 1 aliphatic heterocycles. The van der Waals surface area contributed by atoms with E-state index in [-0.39, 0.29) is 32.1 Å². The third-order valence-corrected chi connectivity index (χ3v) is 4.99. The molecule has 0 aromatic heterocycles. The van der Waals surface area contributed by atoms with Gasteiger partial charge in [-0.3, -0.25) is 4.79 Å². The topological polar surface area (TPSA) is 128 Å². The zero-order chi connectivity index (χ0) is 18.4. The average Bonchev–Trinajstić information content (AvgIpc) is 2.60. The number of rotatable bonds is 7. The molecule has 1 aliphatic rings. The summed E-state index contributed by atoms with van der Waals surface area (Å²) in [5, 5.41) is 5.12. The highest BCUT2D eigenvalue weighted by atomic mass is 32.2. The first-order valence-corrected chi connectivity index (χ1v) is 9.45. The predicted octanol–water partition coefficient (Wildman–Crippen LogP) is -0.616. The van der Waals surface area contributed by atoms with Crippen LogP contribution in [0.4, 0.5) is 0 Å². The standard InChI is InChI=1S/C15H24N4O5S/c1-23-13-5-2-4-12(14(13)24-11-3-6-16)15(20)18-7-9-19(10-8-18)25(17,21)22/h2,4-5H,3,6-11,16H2,1H3,(H2,17,21,22). The molecular formula is C15H24N4O5S. The second-order valence-corrected chi connectivity index (χ2v) is 7.11. The first kappa shape index (κ1) is 19.4. The number of para-hydroxylation sites is 1. The third-order valence-electron chi connectivity index (χ3n) is 3.91. The Kier molecular flexibility index (Phi) is 6.59. The SMILES string of the molecule is COc1cccc(C(=O)N2CCN(S(N)(=O)=O)CC2)c1OCCCN. The average molecular weight is 372 g/mol. The second kappa shape index (κ2) is 8.48. The van der Waals surface area contributed by atoms with Crippen molar-refractivity contribution in [1.29, 1.82) is 0 Å². The van der Waals surface area contributed by atoms with Crippen LogP contribution >= 0.6 is 0 Å². The number of amides is 1. The van der Waals surface area contributed by atoms with Crippen LogP contribution in [0.1, 0.15) is 16.8 Å². The van der Waals surface area contributed by atoms with Crippen molar-refractivity contribution >= 4 is 16.1 Å². The molecule has 0 radical (unpaired) electrons. The largest absolute Gasteiger partial charge is 0.493 e. The van der Waals surface area contributed by atoms with Crippen LogP contribution in [-0.4, -0.2) is 70.0 Å². The molecule has 0 spiro atoms. The molecule has 1 aromatic carbocycles. The van der Waals surface area contributed by atoms with Crippen LogP contribution in [0.3, 0.4) is 0 Å². The number of benzene rings is 1. The molecule has 0 saturated carbocycles. The van der Waals surface area contributed by atoms with Crippen molar-refractivity contribution in [1.82, 2.24) is 9.21 Å². The van der Waals surface area contributed by atoms with E-state index < -0.39 is 10.2 Å². The fraction of sp³-hybridized carbons (Fsp3) is 0.533. The monoisotopic (exact) mass is 372 g/mol. The van der Waals surface area contributed by atoms with Crippen molar-refractivity contribution in [2.45, 2.75) is 6.42 Å². The Morgan fingerprint density at radius 1 is 1.24 bits per heavy atom. The van der Waals surface area contributed by atoms with Crippen LogP contribution in [0.5, 0.6) is 11.5 Å². The molecule has 9 nitrogen and oxygen atoms in total. The summed E-state index contributed by atoms with van der Waals surface area (Å²) in [6.45, 7) is 1.70. The zero-order valence-electron chi connectivity index (χ0n) is 14.2. The van der Waals surface area contributed by atoms with E-state index in [0.29, 0.717) is 36.6 Å². The van der Waals surface area contributed by atoms with Crippen LogP contribution in [0.25, 0.3) is 0 Å². The van der Waals surface area contributed by atoms with Crippen LogP contribution in [0, 0.1) is 0 Å². The molecule has 1 heterocycles. The molecule has 4 N–H and O–H groups in total. The number of hydrogen-bond donors (Lipinski definition) is 2. The lowest BCUT2D eigenvalue weighted by Gasteiger charge is -2.33. The maximum Gasteiger partial charge on any atom is 0.277 e. The highest BCUT2D eigenvalue weighted by Gasteiger charge is 2.29. The fourth-order valence-electron chi connectivity index (χ4n) is 2.57. The summed E-state index contributed by atoms with van der Waals surface area (Å²) in [6, 6.07) is 5.09. The van der Waals surface area contributed by atoms with Gasteiger partial charge in [0.2, 0.25) is 0 Å². The van der Waals surface area contributed by atoms with E-state index in [9.17, 15) is 13.2 Å². The third kappa shape index (κ3) is 4.82. The molecular weight excluding hydrogens is 348 g/mol. The first-order valence-electron chi connectivity index (χ1n) is 7.95. The van der Waals surface area contributed by atoms with Gasteiger partial charge in [0.15, 0.2) is 11.5 Å². The van der Waals surface area contributed by atoms with Gasteiger partial charge in [0.25, 0.3) is 16.1 Å². The van der Waals surface area contributed by atoms with Gasteiger partial charge in [-0.1, -0.05) is 6.07 Å². The quantitative estimate of drug-likeness (QED) is 0.614. The minimum absolute atomic E-state index is 0.165. The zero-order valence-corrected chi connectivity index (χ0v) is 15.0. The Morgan fingerprint density at radius 2 is 1.92 bits per heavy atom. The van der Waals surface area contributed by atoms with Crippen molar-refractivity contribution in [2.24, 2.45) is 10.9 Å². The van der Waals surface area contributed by atoms with Gasteiger partial charge >= 0.3 is 0 Å². The van der Waals surface area contributed by atoms with Crippen molar-refractivity contribution in [3.63, 3.8) is 0 Å². The first-order chi connectivity index (χ1) is 11.9. The molecule has 10 heteroatoms. The lowest BCUT2D eigenvalue weighted by molar-refractivity contribution is 0.0692. The van der Waals surface area contributed by atoms with Crippen molar-refractivity contribution in [2.75, 3.05) is 46.4 Å². The van der Waals surface area contributed by atoms with Gasteiger partial charge in [-0.25, -0.2) is 5.14 Å². The van der Waals surface area contributed by atoms with E-state index in [1.165, 1.54) is 7.11 Å². The lowest BCUT2D eigenvalue weighted by Crippen LogP contribution is -2.52. The number of piperazine rings is 1. The Hall–Kier alpha value is -1.88. The minimum Gasteiger partial charge on any atom is -0.493 e. The highest BCUT2D eigenvalue weighted by Crippen LogP contribution is 2.32. The molecule has 1 saturated heterocycles. The molecule has 140 valence electrons. The lowest BCUT2D eigenvalue weighted by atomic mass is 10.1. The van der Waals surface area contributed by atoms with Gasteiger partial charge in [0.05, 0.1) is 19.3 Å². The summed E-state index contributed by atoms with van der Waals surface area (Å²) in [6.07, 6.45) is 0.652. The van der Waals surface area contributed by atoms with Gasteiger partial charge in [-0.05, 0) is 25.1 Å². The molecule has 0 aliphatic carbocycles. The number of hydrogen-bond acceptors (Lipinski definition) is 6. The maximum absolute atomic E-state index is 12.8. The number of methoxy groups -OCH3 is 1. The molecule has 1 aromatic rings. The second-order valence-electron chi connectivity index (χ2n) is 5.56. The van der Waals surface area contributed by atoms with E-state index >= 15 is 0 Å². The minimum atomic E-state index is -3.73. The Morgan fingerprint density at radius 3 is 2.48 bits per heavy atom. The molecule has 0 atom stereocenters. The van der Waals surface area contributed by atoms with E-state index in [0.717, 1.165) is 4.31 Å². The number of carbonyl (C=O) groups excluding carboxylic acids is 1. The molecule has 25 heavy (non-hydrogen) atoms. The summed E-state index contributed by atoms with van der Waals surface area (Å²) < 4.78 is 34.9. The summed E-state index contributed by atoms with van der Waals surface area (Å²) in [5.41, 5.74) is 5.85. The highest BCUT2D eigenvalue weighted by molar-refractivity contribution is 7.86. The number of nitrogens with zero attached hydrogens (tertiary/aromatic N) is 2. The summed E-state index contributed by atoms with van der Waals surface area (Å²) in [5.74, 6) is 0.596. The van der Waals surface area contributed by atoms with Crippen molar-refractivity contribution in [3.8, 4) is 11.5 Å². The van der Waals surface area contributed by atoms with Crippen LogP contribution in [0.15, 0.2) is 18.2 Å². The number of nitrogens with two attached hydrogens (primary N) is 2. The Balaban J connectivity index is 2.16. The van der Waals surface area contributed by atoms with Gasteiger partial charge in [0, 0.05) is 26.2 Å². The Labute approximate surface area is 147 Å². The van der Waals surface area contributed by atoms with Crippen LogP contribution < -0.4 is 20.3 Å². The fourth-order valence-corrected chi connectivity index (χ4v) is 3.24. The van der Waals surface area contributed by atoms with Crippen molar-refractivity contribution in [3.05, 3.63) is 23.8 Å². The van der Waals surface area contributed by atoms with Gasteiger partial charge in [-0.2, -0.15) is 12.7 Å². The molecule has 0 bridgehead atoms. The summed E-state index contributed by atoms with van der Waals surface area (Å²) in [7, 11) is -2.23. The molecule has 0 unspecified atom stereocenters. The van der Waals surface area contributed by atoms with E-state index in [1.807, 2.05) is 0 Å². The molecule has 1 amide bonds. The van der Waals surface area contributed by atoms with Gasteiger partial charge < -0.3 is 20.1 Å². The van der Waals surface area contributed by atoms with Gasteiger partial charge in [0.1, 0.15) is 0 Å². The van der Waals surface area contributed by atoms with Crippen LogP contribution in [-0.2, 0) is 10.2 Å². The Bertz CT molecular complexity index is 702. The summed E-state index contributed by atoms with van der Waals surface area (Å²) >= 11 is 0. The van der Waals surface area contributed by atoms with E-state index in [4.69, 9.17) is 20.3 Å². The van der Waals surface area contributed by atoms with Gasteiger partial charge in [-0.15, -0.1) is 0 Å². The molecule has 1 fully saturated rings. The normalized spacial score (nSPS) is 15.9. The number of ether oxygens (including phenoxy) is 2. The van der Waals surface area contributed by atoms with Crippen molar-refractivity contribution < 1.29 is 22.7 Å². The van der Waals surface area contributed by atoms with E-state index in [2.05, 4.69) is 0 Å². The molecule has 2 rings (SSSR count). The number of carbonyl (C=O) groups is 1. The smallest absolute Gasteiger partial charge is 0.277 e. The summed E-state index contributed by atoms with van der Waals surface area (Å²) in [4.78, 5) is 14.4. The predicted molar refractivity (Wildman–Crippen MR) is 92.7 cm³/mol. The van der Waals surface area contributed by atoms with E-state index in [1.54, 1.807) is 23.1 Å².